The van der Waals surface area contributed by atoms with E-state index in [1.54, 1.807) is 23.9 Å². The lowest BCUT2D eigenvalue weighted by Gasteiger charge is -2.41. The highest BCUT2D eigenvalue weighted by molar-refractivity contribution is 8.16. The molecule has 1 aliphatic carbocycles. The highest BCUT2D eigenvalue weighted by atomic mass is 32.2. The van der Waals surface area contributed by atoms with Gasteiger partial charge in [0.1, 0.15) is 11.6 Å². The fraction of sp³-hybridized carbons (Fsp3) is 0.167. The van der Waals surface area contributed by atoms with Crippen LogP contribution in [0.2, 0.25) is 0 Å². The Kier molecular flexibility index (Phi) is 5.65. The molecular formula is C30H24F2N2S. The monoisotopic (exact) mass is 482 g/mol. The van der Waals surface area contributed by atoms with Crippen molar-refractivity contribution in [3.05, 3.63) is 129 Å². The van der Waals surface area contributed by atoms with E-state index < -0.39 is 0 Å². The van der Waals surface area contributed by atoms with Crippen LogP contribution in [0, 0.1) is 17.6 Å². The zero-order chi connectivity index (χ0) is 23.9. The van der Waals surface area contributed by atoms with Crippen LogP contribution >= 0.6 is 11.8 Å². The van der Waals surface area contributed by atoms with E-state index in [-0.39, 0.29) is 17.7 Å². The minimum absolute atomic E-state index is 0.0704. The molecule has 2 nitrogen and oxygen atoms in total. The van der Waals surface area contributed by atoms with Crippen molar-refractivity contribution < 1.29 is 8.78 Å². The second-order valence-corrected chi connectivity index (χ2v) is 10.2. The van der Waals surface area contributed by atoms with Crippen LogP contribution in [-0.2, 0) is 0 Å². The molecule has 6 rings (SSSR count). The van der Waals surface area contributed by atoms with Crippen LogP contribution in [-0.4, -0.2) is 10.1 Å². The maximum atomic E-state index is 13.9. The minimum atomic E-state index is -0.240. The Labute approximate surface area is 208 Å². The summed E-state index contributed by atoms with van der Waals surface area (Å²) in [6.07, 6.45) is 3.96. The molecule has 2 aliphatic heterocycles. The number of hydrogen-bond acceptors (Lipinski definition) is 3. The summed E-state index contributed by atoms with van der Waals surface area (Å²) in [7, 11) is 0. The molecule has 3 aromatic carbocycles. The van der Waals surface area contributed by atoms with Crippen molar-refractivity contribution in [3.63, 3.8) is 0 Å². The topological polar surface area (TPSA) is 15.6 Å². The van der Waals surface area contributed by atoms with E-state index >= 15 is 0 Å². The van der Waals surface area contributed by atoms with Gasteiger partial charge in [0.25, 0.3) is 0 Å². The second-order valence-electron chi connectivity index (χ2n) is 9.31. The Morgan fingerprint density at radius 1 is 0.886 bits per heavy atom. The maximum Gasteiger partial charge on any atom is 0.174 e. The SMILES string of the molecule is CC1CC2=C(N=C3SC=C(c4ccccc4)N3C2c2ccc(F)cc2)/C(=C/c2ccc(F)cc2)C1. The zero-order valence-corrected chi connectivity index (χ0v) is 20.1. The third kappa shape index (κ3) is 4.14. The maximum absolute atomic E-state index is 13.9. The van der Waals surface area contributed by atoms with Gasteiger partial charge in [-0.1, -0.05) is 73.3 Å². The molecule has 5 heteroatoms. The van der Waals surface area contributed by atoms with Crippen LogP contribution in [0.5, 0.6) is 0 Å². The van der Waals surface area contributed by atoms with Gasteiger partial charge in [0.05, 0.1) is 17.4 Å². The summed E-state index contributed by atoms with van der Waals surface area (Å²) in [5.74, 6) is -0.0494. The van der Waals surface area contributed by atoms with Crippen LogP contribution < -0.4 is 0 Å². The fourth-order valence-electron chi connectivity index (χ4n) is 5.21. The summed E-state index contributed by atoms with van der Waals surface area (Å²) in [6, 6.07) is 23.7. The van der Waals surface area contributed by atoms with Gasteiger partial charge < -0.3 is 4.90 Å². The molecule has 35 heavy (non-hydrogen) atoms. The van der Waals surface area contributed by atoms with Gasteiger partial charge in [-0.15, -0.1) is 0 Å². The van der Waals surface area contributed by atoms with Gasteiger partial charge in [0.2, 0.25) is 0 Å². The average Bonchev–Trinajstić information content (AvgIpc) is 3.29. The lowest BCUT2D eigenvalue weighted by Crippen LogP contribution is -2.35. The number of rotatable bonds is 3. The van der Waals surface area contributed by atoms with E-state index in [2.05, 4.69) is 35.4 Å². The van der Waals surface area contributed by atoms with E-state index in [0.717, 1.165) is 46.1 Å². The molecule has 0 radical (unpaired) electrons. The van der Waals surface area contributed by atoms with Gasteiger partial charge >= 0.3 is 0 Å². The molecule has 2 unspecified atom stereocenters. The summed E-state index contributed by atoms with van der Waals surface area (Å²) in [5, 5.41) is 3.09. The first-order chi connectivity index (χ1) is 17.1. The summed E-state index contributed by atoms with van der Waals surface area (Å²) >= 11 is 1.63. The molecule has 0 amide bonds. The second kappa shape index (κ2) is 8.97. The van der Waals surface area contributed by atoms with Crippen molar-refractivity contribution in [2.45, 2.75) is 25.8 Å². The van der Waals surface area contributed by atoms with E-state index in [9.17, 15) is 8.78 Å². The highest BCUT2D eigenvalue weighted by Crippen LogP contribution is 2.51. The first-order valence-electron chi connectivity index (χ1n) is 11.8. The Hall–Kier alpha value is -3.44. The van der Waals surface area contributed by atoms with Crippen molar-refractivity contribution in [2.75, 3.05) is 0 Å². The molecule has 0 aromatic heterocycles. The Balaban J connectivity index is 1.51. The van der Waals surface area contributed by atoms with Crippen molar-refractivity contribution >= 4 is 28.7 Å². The lowest BCUT2D eigenvalue weighted by molar-refractivity contribution is 0.425. The van der Waals surface area contributed by atoms with Crippen LogP contribution in [0.25, 0.3) is 11.8 Å². The standard InChI is InChI=1S/C30H24F2N2S/c1-19-15-23(17-20-7-11-24(31)12-8-20)28-26(16-19)29(22-9-13-25(32)14-10-22)34-27(18-35-30(34)33-28)21-5-3-2-4-6-21/h2-14,17-19,29H,15-16H2,1H3/b23-17+. The molecular weight excluding hydrogens is 458 g/mol. The predicted molar refractivity (Wildman–Crippen MR) is 140 cm³/mol. The predicted octanol–water partition coefficient (Wildman–Crippen LogP) is 8.19. The molecule has 0 bridgehead atoms. The van der Waals surface area contributed by atoms with Gasteiger partial charge in [-0.3, -0.25) is 0 Å². The number of aliphatic imine (C=N–C) groups is 1. The Morgan fingerprint density at radius 3 is 2.29 bits per heavy atom. The van der Waals surface area contributed by atoms with Gasteiger partial charge in [-0.25, -0.2) is 13.8 Å². The number of halogens is 2. The first kappa shape index (κ1) is 22.1. The zero-order valence-electron chi connectivity index (χ0n) is 19.3. The van der Waals surface area contributed by atoms with E-state index in [1.165, 1.54) is 35.4 Å². The Bertz CT molecular complexity index is 1390. The minimum Gasteiger partial charge on any atom is -0.308 e. The van der Waals surface area contributed by atoms with Gasteiger partial charge in [-0.05, 0) is 76.9 Å². The average molecular weight is 483 g/mol. The van der Waals surface area contributed by atoms with E-state index in [4.69, 9.17) is 4.99 Å². The molecule has 3 aromatic rings. The van der Waals surface area contributed by atoms with Gasteiger partial charge in [0.15, 0.2) is 5.17 Å². The largest absolute Gasteiger partial charge is 0.308 e. The van der Waals surface area contributed by atoms with Gasteiger partial charge in [-0.2, -0.15) is 0 Å². The van der Waals surface area contributed by atoms with Crippen molar-refractivity contribution in [3.8, 4) is 0 Å². The van der Waals surface area contributed by atoms with Crippen molar-refractivity contribution in [1.82, 2.24) is 4.90 Å². The third-order valence-corrected chi connectivity index (χ3v) is 7.59. The quantitative estimate of drug-likeness (QED) is 0.374. The smallest absolute Gasteiger partial charge is 0.174 e. The normalized spacial score (nSPS) is 22.6. The molecule has 0 spiro atoms. The number of hydrogen-bond donors (Lipinski definition) is 0. The summed E-state index contributed by atoms with van der Waals surface area (Å²) in [5.41, 5.74) is 7.68. The van der Waals surface area contributed by atoms with Crippen molar-refractivity contribution in [1.29, 1.82) is 0 Å². The van der Waals surface area contributed by atoms with Crippen LogP contribution in [0.15, 0.2) is 106 Å². The number of benzene rings is 3. The van der Waals surface area contributed by atoms with Crippen LogP contribution in [0.3, 0.4) is 0 Å². The number of thioether (sulfide) groups is 1. The molecule has 0 saturated carbocycles. The summed E-state index contributed by atoms with van der Waals surface area (Å²) in [4.78, 5) is 7.49. The van der Waals surface area contributed by atoms with Crippen molar-refractivity contribution in [2.24, 2.45) is 10.9 Å². The number of nitrogens with zero attached hydrogens (tertiary/aromatic N) is 2. The first-order valence-corrected chi connectivity index (χ1v) is 12.7. The van der Waals surface area contributed by atoms with Gasteiger partial charge in [0, 0.05) is 5.41 Å². The number of fused-ring (bicyclic) bond motifs is 1. The van der Waals surface area contributed by atoms with Crippen LogP contribution in [0.1, 0.15) is 42.5 Å². The van der Waals surface area contributed by atoms with E-state index in [0.29, 0.717) is 5.92 Å². The summed E-state index contributed by atoms with van der Waals surface area (Å²) < 4.78 is 27.4. The number of amidine groups is 1. The number of allylic oxidation sites excluding steroid dienone is 1. The van der Waals surface area contributed by atoms with Crippen LogP contribution in [0.4, 0.5) is 8.78 Å². The highest BCUT2D eigenvalue weighted by Gasteiger charge is 2.41. The molecule has 174 valence electrons. The molecule has 2 atom stereocenters. The summed E-state index contributed by atoms with van der Waals surface area (Å²) in [6.45, 7) is 2.26. The van der Waals surface area contributed by atoms with E-state index in [1.807, 2.05) is 30.3 Å². The third-order valence-electron chi connectivity index (χ3n) is 6.75. The molecule has 0 fully saturated rings. The molecule has 3 aliphatic rings. The molecule has 2 heterocycles. The fourth-order valence-corrected chi connectivity index (χ4v) is 6.14. The Morgan fingerprint density at radius 2 is 1.57 bits per heavy atom. The molecule has 0 saturated heterocycles. The lowest BCUT2D eigenvalue weighted by atomic mass is 9.78. The molecule has 0 N–H and O–H groups in total.